The highest BCUT2D eigenvalue weighted by atomic mass is 32.2. The standard InChI is InChI=1S/C15H20N2O3S/c1-12(18)13-4-2-6-15(10-13)21(19,20)17-9-8-16-7-3-5-14(16)11-17/h2,4,6,10,14H,3,5,7-9,11H2,1H3. The summed E-state index contributed by atoms with van der Waals surface area (Å²) in [5.41, 5.74) is 0.440. The first-order chi connectivity index (χ1) is 9.98. The van der Waals surface area contributed by atoms with Crippen molar-refractivity contribution < 1.29 is 13.2 Å². The lowest BCUT2D eigenvalue weighted by Crippen LogP contribution is -2.51. The van der Waals surface area contributed by atoms with E-state index < -0.39 is 10.0 Å². The van der Waals surface area contributed by atoms with Crippen LogP contribution in [0.15, 0.2) is 29.2 Å². The SMILES string of the molecule is CC(=O)c1cccc(S(=O)(=O)N2CCN3CCCC3C2)c1. The van der Waals surface area contributed by atoms with Crippen LogP contribution in [0.5, 0.6) is 0 Å². The number of Topliss-reactive ketones (excluding diaryl/α,β-unsaturated/α-hetero) is 1. The number of carbonyl (C=O) groups is 1. The van der Waals surface area contributed by atoms with E-state index in [1.54, 1.807) is 22.5 Å². The van der Waals surface area contributed by atoms with Crippen molar-refractivity contribution in [3.05, 3.63) is 29.8 Å². The maximum absolute atomic E-state index is 12.7. The van der Waals surface area contributed by atoms with Crippen molar-refractivity contribution in [2.45, 2.75) is 30.7 Å². The Hall–Kier alpha value is -1.24. The van der Waals surface area contributed by atoms with Crippen molar-refractivity contribution in [3.8, 4) is 0 Å². The zero-order chi connectivity index (χ0) is 15.0. The van der Waals surface area contributed by atoms with Gasteiger partial charge in [0.2, 0.25) is 10.0 Å². The molecule has 0 radical (unpaired) electrons. The lowest BCUT2D eigenvalue weighted by Gasteiger charge is -2.36. The average Bonchev–Trinajstić information content (AvgIpc) is 2.94. The Balaban J connectivity index is 1.86. The van der Waals surface area contributed by atoms with Gasteiger partial charge in [0.05, 0.1) is 4.90 Å². The minimum atomic E-state index is -3.50. The third-order valence-electron chi connectivity index (χ3n) is 4.43. The monoisotopic (exact) mass is 308 g/mol. The van der Waals surface area contributed by atoms with Crippen molar-refractivity contribution >= 4 is 15.8 Å². The second-order valence-corrected chi connectivity index (χ2v) is 7.72. The highest BCUT2D eigenvalue weighted by Gasteiger charge is 2.36. The van der Waals surface area contributed by atoms with Gasteiger partial charge in [-0.1, -0.05) is 12.1 Å². The molecular weight excluding hydrogens is 288 g/mol. The van der Waals surface area contributed by atoms with Crippen LogP contribution < -0.4 is 0 Å². The van der Waals surface area contributed by atoms with Crippen LogP contribution in [0.4, 0.5) is 0 Å². The van der Waals surface area contributed by atoms with Crippen LogP contribution in [0.3, 0.4) is 0 Å². The molecule has 0 bridgehead atoms. The first-order valence-electron chi connectivity index (χ1n) is 7.34. The highest BCUT2D eigenvalue weighted by Crippen LogP contribution is 2.26. The van der Waals surface area contributed by atoms with Crippen LogP contribution in [-0.2, 0) is 10.0 Å². The predicted molar refractivity (Wildman–Crippen MR) is 79.8 cm³/mol. The number of benzene rings is 1. The minimum absolute atomic E-state index is 0.118. The fourth-order valence-electron chi connectivity index (χ4n) is 3.21. The lowest BCUT2D eigenvalue weighted by atomic mass is 10.2. The van der Waals surface area contributed by atoms with E-state index in [9.17, 15) is 13.2 Å². The summed E-state index contributed by atoms with van der Waals surface area (Å²) >= 11 is 0. The Bertz CT molecular complexity index is 657. The zero-order valence-corrected chi connectivity index (χ0v) is 13.0. The summed E-state index contributed by atoms with van der Waals surface area (Å²) in [4.78, 5) is 14.0. The third kappa shape index (κ3) is 2.75. The first kappa shape index (κ1) is 14.7. The zero-order valence-electron chi connectivity index (χ0n) is 12.2. The van der Waals surface area contributed by atoms with Gasteiger partial charge in [0.15, 0.2) is 5.78 Å². The van der Waals surface area contributed by atoms with E-state index in [-0.39, 0.29) is 10.7 Å². The number of hydrogen-bond donors (Lipinski definition) is 0. The number of ketones is 1. The van der Waals surface area contributed by atoms with E-state index in [0.717, 1.165) is 25.9 Å². The Morgan fingerprint density at radius 1 is 1.24 bits per heavy atom. The van der Waals surface area contributed by atoms with Crippen LogP contribution in [0.2, 0.25) is 0 Å². The van der Waals surface area contributed by atoms with E-state index in [4.69, 9.17) is 0 Å². The van der Waals surface area contributed by atoms with Crippen LogP contribution in [0, 0.1) is 0 Å². The summed E-state index contributed by atoms with van der Waals surface area (Å²) < 4.78 is 27.1. The van der Waals surface area contributed by atoms with Gasteiger partial charge in [-0.05, 0) is 38.4 Å². The lowest BCUT2D eigenvalue weighted by molar-refractivity contribution is 0.101. The normalized spacial score (nSPS) is 24.0. The Kier molecular flexibility index (Phi) is 3.86. The summed E-state index contributed by atoms with van der Waals surface area (Å²) in [5, 5.41) is 0. The quantitative estimate of drug-likeness (QED) is 0.791. The van der Waals surface area contributed by atoms with Crippen molar-refractivity contribution in [2.24, 2.45) is 0 Å². The van der Waals surface area contributed by atoms with Crippen LogP contribution in [-0.4, -0.2) is 55.6 Å². The van der Waals surface area contributed by atoms with E-state index >= 15 is 0 Å². The molecule has 0 amide bonds. The van der Waals surface area contributed by atoms with Gasteiger partial charge in [-0.15, -0.1) is 0 Å². The number of piperazine rings is 1. The largest absolute Gasteiger partial charge is 0.298 e. The smallest absolute Gasteiger partial charge is 0.243 e. The molecule has 0 aliphatic carbocycles. The van der Waals surface area contributed by atoms with E-state index in [1.807, 2.05) is 0 Å². The fourth-order valence-corrected chi connectivity index (χ4v) is 4.72. The molecule has 0 aromatic heterocycles. The van der Waals surface area contributed by atoms with Crippen LogP contribution in [0.1, 0.15) is 30.1 Å². The van der Waals surface area contributed by atoms with Gasteiger partial charge in [0, 0.05) is 31.2 Å². The van der Waals surface area contributed by atoms with Crippen LogP contribution in [0.25, 0.3) is 0 Å². The Labute approximate surface area is 125 Å². The molecule has 2 aliphatic rings. The van der Waals surface area contributed by atoms with Crippen LogP contribution >= 0.6 is 0 Å². The van der Waals surface area contributed by atoms with E-state index in [2.05, 4.69) is 4.90 Å². The van der Waals surface area contributed by atoms with Crippen molar-refractivity contribution in [3.63, 3.8) is 0 Å². The summed E-state index contributed by atoms with van der Waals surface area (Å²) in [6.45, 7) is 4.42. The van der Waals surface area contributed by atoms with Gasteiger partial charge < -0.3 is 0 Å². The average molecular weight is 308 g/mol. The molecule has 3 rings (SSSR count). The van der Waals surface area contributed by atoms with Gasteiger partial charge in [0.25, 0.3) is 0 Å². The second kappa shape index (κ2) is 5.51. The molecule has 0 N–H and O–H groups in total. The fraction of sp³-hybridized carbons (Fsp3) is 0.533. The van der Waals surface area contributed by atoms with Crippen molar-refractivity contribution in [1.82, 2.24) is 9.21 Å². The number of rotatable bonds is 3. The number of nitrogens with zero attached hydrogens (tertiary/aromatic N) is 2. The molecule has 1 unspecified atom stereocenters. The summed E-state index contributed by atoms with van der Waals surface area (Å²) in [5.74, 6) is -0.118. The van der Waals surface area contributed by atoms with E-state index in [0.29, 0.717) is 24.7 Å². The number of fused-ring (bicyclic) bond motifs is 1. The first-order valence-corrected chi connectivity index (χ1v) is 8.78. The molecule has 21 heavy (non-hydrogen) atoms. The molecule has 5 nitrogen and oxygen atoms in total. The van der Waals surface area contributed by atoms with Gasteiger partial charge >= 0.3 is 0 Å². The molecule has 2 aliphatic heterocycles. The predicted octanol–water partition coefficient (Wildman–Crippen LogP) is 1.36. The molecular formula is C15H20N2O3S. The molecule has 2 fully saturated rings. The minimum Gasteiger partial charge on any atom is -0.298 e. The third-order valence-corrected chi connectivity index (χ3v) is 6.29. The van der Waals surface area contributed by atoms with Gasteiger partial charge in [-0.25, -0.2) is 8.42 Å². The van der Waals surface area contributed by atoms with Gasteiger partial charge in [-0.2, -0.15) is 4.31 Å². The molecule has 6 heteroatoms. The number of hydrogen-bond acceptors (Lipinski definition) is 4. The molecule has 2 saturated heterocycles. The molecule has 1 aromatic carbocycles. The van der Waals surface area contributed by atoms with Gasteiger partial charge in [0.1, 0.15) is 0 Å². The molecule has 0 spiro atoms. The van der Waals surface area contributed by atoms with E-state index in [1.165, 1.54) is 13.0 Å². The summed E-state index contributed by atoms with van der Waals surface area (Å²) in [6.07, 6.45) is 2.22. The Morgan fingerprint density at radius 2 is 2.05 bits per heavy atom. The molecule has 2 heterocycles. The molecule has 114 valence electrons. The topological polar surface area (TPSA) is 57.7 Å². The number of carbonyl (C=O) groups excluding carboxylic acids is 1. The Morgan fingerprint density at radius 3 is 2.81 bits per heavy atom. The molecule has 1 atom stereocenters. The van der Waals surface area contributed by atoms with Gasteiger partial charge in [-0.3, -0.25) is 9.69 Å². The summed E-state index contributed by atoms with van der Waals surface area (Å²) in [7, 11) is -3.50. The highest BCUT2D eigenvalue weighted by molar-refractivity contribution is 7.89. The number of sulfonamides is 1. The maximum atomic E-state index is 12.7. The van der Waals surface area contributed by atoms with Crippen molar-refractivity contribution in [2.75, 3.05) is 26.2 Å². The second-order valence-electron chi connectivity index (χ2n) is 5.78. The van der Waals surface area contributed by atoms with Crippen molar-refractivity contribution in [1.29, 1.82) is 0 Å². The molecule has 1 aromatic rings. The summed E-state index contributed by atoms with van der Waals surface area (Å²) in [6, 6.07) is 6.69. The molecule has 0 saturated carbocycles. The maximum Gasteiger partial charge on any atom is 0.243 e.